The van der Waals surface area contributed by atoms with Crippen LogP contribution in [0.1, 0.15) is 21.7 Å². The lowest BCUT2D eigenvalue weighted by molar-refractivity contribution is -0.121. The molecule has 2 aromatic carbocycles. The monoisotopic (exact) mass is 376 g/mol. The van der Waals surface area contributed by atoms with Crippen molar-refractivity contribution in [3.05, 3.63) is 83.8 Å². The fourth-order valence-corrected chi connectivity index (χ4v) is 3.20. The van der Waals surface area contributed by atoms with E-state index in [2.05, 4.69) is 10.6 Å². The molecule has 6 heteroatoms. The Kier molecular flexibility index (Phi) is 5.10. The second-order valence-corrected chi connectivity index (χ2v) is 6.62. The predicted molar refractivity (Wildman–Crippen MR) is 104 cm³/mol. The maximum Gasteiger partial charge on any atom is 0.253 e. The van der Waals surface area contributed by atoms with Gasteiger partial charge in [-0.05, 0) is 42.3 Å². The highest BCUT2D eigenvalue weighted by molar-refractivity contribution is 6.04. The number of nitrogens with one attached hydrogen (secondary N) is 2. The van der Waals surface area contributed by atoms with Gasteiger partial charge >= 0.3 is 0 Å². The first-order valence-electron chi connectivity index (χ1n) is 9.12. The lowest BCUT2D eigenvalue weighted by Gasteiger charge is -2.24. The Balaban J connectivity index is 1.43. The number of ether oxygens (including phenoxy) is 1. The van der Waals surface area contributed by atoms with E-state index in [1.165, 1.54) is 0 Å². The van der Waals surface area contributed by atoms with Gasteiger partial charge in [-0.2, -0.15) is 0 Å². The second-order valence-electron chi connectivity index (χ2n) is 6.62. The molecule has 1 aliphatic heterocycles. The third-order valence-corrected chi connectivity index (χ3v) is 4.68. The van der Waals surface area contributed by atoms with Gasteiger partial charge in [0.05, 0.1) is 30.0 Å². The maximum atomic E-state index is 12.8. The summed E-state index contributed by atoms with van der Waals surface area (Å²) in [6, 6.07) is 18.2. The van der Waals surface area contributed by atoms with Crippen LogP contribution < -0.4 is 15.4 Å². The van der Waals surface area contributed by atoms with Gasteiger partial charge in [0.25, 0.3) is 5.91 Å². The number of benzene rings is 2. The van der Waals surface area contributed by atoms with Crippen molar-refractivity contribution in [1.29, 1.82) is 0 Å². The summed E-state index contributed by atoms with van der Waals surface area (Å²) in [6.45, 7) is 0.594. The zero-order valence-corrected chi connectivity index (χ0v) is 15.2. The van der Waals surface area contributed by atoms with E-state index in [9.17, 15) is 9.59 Å². The van der Waals surface area contributed by atoms with Gasteiger partial charge in [0, 0.05) is 0 Å². The average Bonchev–Trinajstić information content (AvgIpc) is 3.25. The van der Waals surface area contributed by atoms with Crippen LogP contribution in [0, 0.1) is 5.92 Å². The summed E-state index contributed by atoms with van der Waals surface area (Å²) >= 11 is 0. The number of fused-ring (bicyclic) bond motifs is 1. The molecule has 6 nitrogen and oxygen atoms in total. The molecule has 28 heavy (non-hydrogen) atoms. The normalized spacial score (nSPS) is 15.2. The number of furan rings is 1. The Hall–Kier alpha value is -3.54. The first-order valence-corrected chi connectivity index (χ1v) is 9.12. The summed E-state index contributed by atoms with van der Waals surface area (Å²) in [5.74, 6) is 0.726. The molecule has 0 unspecified atom stereocenters. The number of rotatable bonds is 5. The Morgan fingerprint density at radius 2 is 1.82 bits per heavy atom. The molecule has 4 rings (SSSR count). The van der Waals surface area contributed by atoms with Crippen molar-refractivity contribution >= 4 is 17.5 Å². The molecule has 0 radical (unpaired) electrons. The molecule has 3 aromatic rings. The summed E-state index contributed by atoms with van der Waals surface area (Å²) in [5.41, 5.74) is 1.89. The van der Waals surface area contributed by atoms with Gasteiger partial charge < -0.3 is 19.8 Å². The highest BCUT2D eigenvalue weighted by Crippen LogP contribution is 2.27. The summed E-state index contributed by atoms with van der Waals surface area (Å²) in [7, 11) is 0. The van der Waals surface area contributed by atoms with E-state index in [1.807, 2.05) is 24.3 Å². The Labute approximate surface area is 162 Å². The van der Waals surface area contributed by atoms with Crippen molar-refractivity contribution in [2.24, 2.45) is 5.92 Å². The zero-order valence-electron chi connectivity index (χ0n) is 15.2. The molecule has 1 aromatic heterocycles. The molecule has 0 saturated carbocycles. The minimum Gasteiger partial charge on any atom is -0.492 e. The largest absolute Gasteiger partial charge is 0.492 e. The third kappa shape index (κ3) is 3.91. The third-order valence-electron chi connectivity index (χ3n) is 4.68. The van der Waals surface area contributed by atoms with Crippen LogP contribution in [0.4, 0.5) is 5.69 Å². The van der Waals surface area contributed by atoms with Gasteiger partial charge in [0.1, 0.15) is 18.1 Å². The van der Waals surface area contributed by atoms with Gasteiger partial charge in [0.2, 0.25) is 5.91 Å². The molecule has 0 fully saturated rings. The number of carbonyl (C=O) groups is 2. The van der Waals surface area contributed by atoms with E-state index < -0.39 is 0 Å². The molecule has 1 aliphatic rings. The molecule has 2 N–H and O–H groups in total. The fraction of sp³-hybridized carbons (Fsp3) is 0.182. The number of amides is 2. The van der Waals surface area contributed by atoms with Crippen LogP contribution in [0.5, 0.6) is 5.75 Å². The molecular formula is C22H20N2O4. The first-order chi connectivity index (χ1) is 13.7. The van der Waals surface area contributed by atoms with Crippen LogP contribution in [0.2, 0.25) is 0 Å². The van der Waals surface area contributed by atoms with Gasteiger partial charge in [0.15, 0.2) is 0 Å². The van der Waals surface area contributed by atoms with Crippen LogP contribution in [0.3, 0.4) is 0 Å². The number of hydrogen-bond acceptors (Lipinski definition) is 4. The Bertz CT molecular complexity index is 982. The van der Waals surface area contributed by atoms with Crippen molar-refractivity contribution in [3.8, 4) is 5.75 Å². The maximum absolute atomic E-state index is 12.8. The molecule has 2 heterocycles. The van der Waals surface area contributed by atoms with Crippen LogP contribution in [-0.4, -0.2) is 18.4 Å². The number of anilines is 1. The Morgan fingerprint density at radius 3 is 2.68 bits per heavy atom. The van der Waals surface area contributed by atoms with Crippen LogP contribution in [0.25, 0.3) is 0 Å². The standard InChI is InChI=1S/C22H20N2O4/c25-21(16-12-15-6-1-4-10-20(15)28-14-16)24-19-9-3-2-8-18(19)22(26)23-13-17-7-5-11-27-17/h1-11,16H,12-14H2,(H,23,26)(H,24,25)/t16-/m1/s1. The molecule has 142 valence electrons. The van der Waals surface area contributed by atoms with Gasteiger partial charge in [-0.3, -0.25) is 9.59 Å². The molecular weight excluding hydrogens is 356 g/mol. The molecule has 0 saturated heterocycles. The quantitative estimate of drug-likeness (QED) is 0.715. The van der Waals surface area contributed by atoms with Crippen molar-refractivity contribution in [2.45, 2.75) is 13.0 Å². The first kappa shape index (κ1) is 17.9. The van der Waals surface area contributed by atoms with E-state index in [4.69, 9.17) is 9.15 Å². The van der Waals surface area contributed by atoms with Crippen molar-refractivity contribution in [1.82, 2.24) is 5.32 Å². The van der Waals surface area contributed by atoms with Crippen molar-refractivity contribution in [3.63, 3.8) is 0 Å². The van der Waals surface area contributed by atoms with Crippen molar-refractivity contribution in [2.75, 3.05) is 11.9 Å². The summed E-state index contributed by atoms with van der Waals surface area (Å²) < 4.78 is 10.9. The highest BCUT2D eigenvalue weighted by Gasteiger charge is 2.26. The minimum atomic E-state index is -0.311. The SMILES string of the molecule is O=C(NCc1ccco1)c1ccccc1NC(=O)[C@H]1COc2ccccc2C1. The average molecular weight is 376 g/mol. The lowest BCUT2D eigenvalue weighted by atomic mass is 9.96. The molecule has 2 amide bonds. The van der Waals surface area contributed by atoms with E-state index in [-0.39, 0.29) is 24.3 Å². The van der Waals surface area contributed by atoms with Crippen LogP contribution in [0.15, 0.2) is 71.3 Å². The van der Waals surface area contributed by atoms with Gasteiger partial charge in [-0.1, -0.05) is 30.3 Å². The summed E-state index contributed by atoms with van der Waals surface area (Å²) in [5, 5.41) is 5.68. The van der Waals surface area contributed by atoms with E-state index in [1.54, 1.807) is 42.7 Å². The van der Waals surface area contributed by atoms with E-state index in [0.717, 1.165) is 11.3 Å². The highest BCUT2D eigenvalue weighted by atomic mass is 16.5. The molecule has 1 atom stereocenters. The number of hydrogen-bond donors (Lipinski definition) is 2. The molecule has 0 aliphatic carbocycles. The number of carbonyl (C=O) groups excluding carboxylic acids is 2. The van der Waals surface area contributed by atoms with Gasteiger partial charge in [-0.15, -0.1) is 0 Å². The predicted octanol–water partition coefficient (Wildman–Crippen LogP) is 3.40. The topological polar surface area (TPSA) is 80.6 Å². The second kappa shape index (κ2) is 8.00. The van der Waals surface area contributed by atoms with Crippen LogP contribution in [-0.2, 0) is 17.8 Å². The molecule has 0 spiro atoms. The Morgan fingerprint density at radius 1 is 1.00 bits per heavy atom. The molecule has 0 bridgehead atoms. The van der Waals surface area contributed by atoms with E-state index in [0.29, 0.717) is 30.0 Å². The number of para-hydroxylation sites is 2. The summed E-state index contributed by atoms with van der Waals surface area (Å²) in [6.07, 6.45) is 2.16. The van der Waals surface area contributed by atoms with E-state index >= 15 is 0 Å². The zero-order chi connectivity index (χ0) is 19.3. The van der Waals surface area contributed by atoms with Gasteiger partial charge in [-0.25, -0.2) is 0 Å². The summed E-state index contributed by atoms with van der Waals surface area (Å²) in [4.78, 5) is 25.3. The lowest BCUT2D eigenvalue weighted by Crippen LogP contribution is -2.33. The van der Waals surface area contributed by atoms with Crippen molar-refractivity contribution < 1.29 is 18.7 Å². The van der Waals surface area contributed by atoms with Crippen LogP contribution >= 0.6 is 0 Å². The minimum absolute atomic E-state index is 0.166. The smallest absolute Gasteiger partial charge is 0.253 e. The fourth-order valence-electron chi connectivity index (χ4n) is 3.20.